The number of nitrogens with one attached hydrogen (secondary N) is 2. The van der Waals surface area contributed by atoms with Gasteiger partial charge in [-0.15, -0.1) is 0 Å². The molecule has 1 heterocycles. The normalized spacial score (nSPS) is 20.8. The van der Waals surface area contributed by atoms with Gasteiger partial charge in [0.05, 0.1) is 12.1 Å². The van der Waals surface area contributed by atoms with Gasteiger partial charge in [-0.2, -0.15) is 8.78 Å². The van der Waals surface area contributed by atoms with E-state index in [2.05, 4.69) is 20.4 Å². The fourth-order valence-electron chi connectivity index (χ4n) is 2.45. The van der Waals surface area contributed by atoms with Gasteiger partial charge >= 0.3 is 18.6 Å². The van der Waals surface area contributed by atoms with E-state index in [9.17, 15) is 18.4 Å². The summed E-state index contributed by atoms with van der Waals surface area (Å²) in [5, 5.41) is 14.1. The Morgan fingerprint density at radius 1 is 1.26 bits per heavy atom. The molecule has 0 radical (unpaired) electrons. The molecular weight excluding hydrogens is 312 g/mol. The van der Waals surface area contributed by atoms with E-state index in [0.29, 0.717) is 25.7 Å². The first-order valence-electron chi connectivity index (χ1n) is 7.15. The number of aliphatic carboxylic acids is 1. The number of amides is 2. The number of ether oxygens (including phenoxy) is 1. The van der Waals surface area contributed by atoms with Crippen LogP contribution in [0.2, 0.25) is 0 Å². The standard InChI is InChI=1S/C14H17F2N3O4/c15-13(16)23-10-5-6-11(17-7-10)19-14(22)18-9-3-1-8(2-4-9)12(20)21/h5-9,13H,1-4H2,(H,20,21)(H2,17,18,19,22). The number of hydrogen-bond acceptors (Lipinski definition) is 4. The number of pyridine rings is 1. The van der Waals surface area contributed by atoms with Gasteiger partial charge in [-0.25, -0.2) is 9.78 Å². The van der Waals surface area contributed by atoms with E-state index < -0.39 is 18.6 Å². The fraction of sp³-hybridized carbons (Fsp3) is 0.500. The van der Waals surface area contributed by atoms with Crippen molar-refractivity contribution in [2.45, 2.75) is 38.3 Å². The highest BCUT2D eigenvalue weighted by atomic mass is 19.3. The molecule has 1 saturated carbocycles. The van der Waals surface area contributed by atoms with E-state index in [1.54, 1.807) is 0 Å². The van der Waals surface area contributed by atoms with Crippen LogP contribution < -0.4 is 15.4 Å². The van der Waals surface area contributed by atoms with E-state index >= 15 is 0 Å². The van der Waals surface area contributed by atoms with Gasteiger partial charge in [0.25, 0.3) is 0 Å². The van der Waals surface area contributed by atoms with Crippen molar-refractivity contribution in [1.29, 1.82) is 0 Å². The molecule has 1 aromatic rings. The Labute approximate surface area is 131 Å². The number of carboxylic acids is 1. The molecule has 3 N–H and O–H groups in total. The van der Waals surface area contributed by atoms with Crippen LogP contribution >= 0.6 is 0 Å². The highest BCUT2D eigenvalue weighted by Gasteiger charge is 2.26. The summed E-state index contributed by atoms with van der Waals surface area (Å²) in [5.74, 6) is -1.05. The summed E-state index contributed by atoms with van der Waals surface area (Å²) in [4.78, 5) is 26.5. The highest BCUT2D eigenvalue weighted by Crippen LogP contribution is 2.24. The minimum Gasteiger partial charge on any atom is -0.481 e. The average molecular weight is 329 g/mol. The first-order chi connectivity index (χ1) is 10.9. The zero-order chi connectivity index (χ0) is 16.8. The molecule has 1 aliphatic carbocycles. The molecule has 126 valence electrons. The highest BCUT2D eigenvalue weighted by molar-refractivity contribution is 5.88. The van der Waals surface area contributed by atoms with Gasteiger partial charge in [0.1, 0.15) is 11.6 Å². The van der Waals surface area contributed by atoms with Crippen molar-refractivity contribution in [3.05, 3.63) is 18.3 Å². The molecule has 0 aliphatic heterocycles. The van der Waals surface area contributed by atoms with Gasteiger partial charge in [-0.3, -0.25) is 10.1 Å². The van der Waals surface area contributed by atoms with Crippen LogP contribution in [0.3, 0.4) is 0 Å². The molecule has 0 aromatic carbocycles. The molecule has 1 fully saturated rings. The number of urea groups is 1. The van der Waals surface area contributed by atoms with E-state index in [0.717, 1.165) is 6.20 Å². The lowest BCUT2D eigenvalue weighted by molar-refractivity contribution is -0.142. The lowest BCUT2D eigenvalue weighted by Gasteiger charge is -2.26. The summed E-state index contributed by atoms with van der Waals surface area (Å²) in [7, 11) is 0. The van der Waals surface area contributed by atoms with Crippen molar-refractivity contribution in [1.82, 2.24) is 10.3 Å². The number of rotatable bonds is 5. The number of anilines is 1. The molecule has 0 spiro atoms. The summed E-state index contributed by atoms with van der Waals surface area (Å²) in [6, 6.07) is 2.05. The maximum atomic E-state index is 12.0. The summed E-state index contributed by atoms with van der Waals surface area (Å²) >= 11 is 0. The summed E-state index contributed by atoms with van der Waals surface area (Å²) < 4.78 is 28.2. The van der Waals surface area contributed by atoms with Gasteiger partial charge < -0.3 is 15.2 Å². The van der Waals surface area contributed by atoms with Crippen molar-refractivity contribution >= 4 is 17.8 Å². The first kappa shape index (κ1) is 16.9. The Morgan fingerprint density at radius 2 is 1.96 bits per heavy atom. The van der Waals surface area contributed by atoms with Gasteiger partial charge in [0.15, 0.2) is 0 Å². The van der Waals surface area contributed by atoms with Gasteiger partial charge in [0, 0.05) is 6.04 Å². The van der Waals surface area contributed by atoms with Crippen molar-refractivity contribution in [2.24, 2.45) is 5.92 Å². The largest absolute Gasteiger partial charge is 0.481 e. The zero-order valence-electron chi connectivity index (χ0n) is 12.2. The lowest BCUT2D eigenvalue weighted by atomic mass is 9.86. The van der Waals surface area contributed by atoms with Crippen LogP contribution in [0.1, 0.15) is 25.7 Å². The van der Waals surface area contributed by atoms with E-state index in [4.69, 9.17) is 5.11 Å². The number of carboxylic acid groups (broad SMARTS) is 1. The zero-order valence-corrected chi connectivity index (χ0v) is 12.2. The number of aromatic nitrogens is 1. The molecule has 0 unspecified atom stereocenters. The van der Waals surface area contributed by atoms with Crippen LogP contribution in [0.25, 0.3) is 0 Å². The maximum Gasteiger partial charge on any atom is 0.387 e. The molecular formula is C14H17F2N3O4. The third-order valence-electron chi connectivity index (χ3n) is 3.61. The minimum absolute atomic E-state index is 0.0907. The lowest BCUT2D eigenvalue weighted by Crippen LogP contribution is -2.41. The van der Waals surface area contributed by atoms with Gasteiger partial charge in [-0.05, 0) is 37.8 Å². The van der Waals surface area contributed by atoms with Crippen LogP contribution in [0.5, 0.6) is 5.75 Å². The smallest absolute Gasteiger partial charge is 0.387 e. The van der Waals surface area contributed by atoms with Gasteiger partial charge in [-0.1, -0.05) is 0 Å². The van der Waals surface area contributed by atoms with E-state index in [1.807, 2.05) is 0 Å². The predicted octanol–water partition coefficient (Wildman–Crippen LogP) is 2.45. The van der Waals surface area contributed by atoms with Crippen LogP contribution in [0.15, 0.2) is 18.3 Å². The molecule has 23 heavy (non-hydrogen) atoms. The van der Waals surface area contributed by atoms with Crippen molar-refractivity contribution in [3.8, 4) is 5.75 Å². The number of nitrogens with zero attached hydrogens (tertiary/aromatic N) is 1. The SMILES string of the molecule is O=C(Nc1ccc(OC(F)F)cn1)NC1CCC(C(=O)O)CC1. The number of carbonyl (C=O) groups excluding carboxylic acids is 1. The molecule has 0 bridgehead atoms. The number of alkyl halides is 2. The third kappa shape index (κ3) is 5.35. The molecule has 2 rings (SSSR count). The Balaban J connectivity index is 1.78. The molecule has 0 atom stereocenters. The summed E-state index contributed by atoms with van der Waals surface area (Å²) in [6.07, 6.45) is 3.33. The molecule has 1 aromatic heterocycles. The molecule has 9 heteroatoms. The van der Waals surface area contributed by atoms with Crippen molar-refractivity contribution in [2.75, 3.05) is 5.32 Å². The third-order valence-corrected chi connectivity index (χ3v) is 3.61. The molecule has 2 amide bonds. The Bertz CT molecular complexity index is 545. The summed E-state index contributed by atoms with van der Waals surface area (Å²) in [6.45, 7) is -2.93. The van der Waals surface area contributed by atoms with E-state index in [1.165, 1.54) is 12.1 Å². The monoisotopic (exact) mass is 329 g/mol. The van der Waals surface area contributed by atoms with Gasteiger partial charge in [0.2, 0.25) is 0 Å². The number of halogens is 2. The van der Waals surface area contributed by atoms with Crippen molar-refractivity contribution < 1.29 is 28.2 Å². The Hall–Kier alpha value is -2.45. The average Bonchev–Trinajstić information content (AvgIpc) is 2.49. The quantitative estimate of drug-likeness (QED) is 0.770. The molecule has 0 saturated heterocycles. The second-order valence-electron chi connectivity index (χ2n) is 5.24. The van der Waals surface area contributed by atoms with Crippen LogP contribution in [-0.2, 0) is 4.79 Å². The molecule has 7 nitrogen and oxygen atoms in total. The number of carbonyl (C=O) groups is 2. The number of hydrogen-bond donors (Lipinski definition) is 3. The van der Waals surface area contributed by atoms with Crippen molar-refractivity contribution in [3.63, 3.8) is 0 Å². The van der Waals surface area contributed by atoms with Crippen LogP contribution in [0, 0.1) is 5.92 Å². The van der Waals surface area contributed by atoms with Crippen LogP contribution in [0.4, 0.5) is 19.4 Å². The van der Waals surface area contributed by atoms with Crippen LogP contribution in [-0.4, -0.2) is 34.7 Å². The van der Waals surface area contributed by atoms with E-state index in [-0.39, 0.29) is 23.5 Å². The second-order valence-corrected chi connectivity index (χ2v) is 5.24. The maximum absolute atomic E-state index is 12.0. The summed E-state index contributed by atoms with van der Waals surface area (Å²) in [5.41, 5.74) is 0. The fourth-order valence-corrected chi connectivity index (χ4v) is 2.45. The Morgan fingerprint density at radius 3 is 2.48 bits per heavy atom. The topological polar surface area (TPSA) is 101 Å². The predicted molar refractivity (Wildman–Crippen MR) is 76.4 cm³/mol. The minimum atomic E-state index is -2.93. The second kappa shape index (κ2) is 7.70. The molecule has 1 aliphatic rings. The first-order valence-corrected chi connectivity index (χ1v) is 7.15. The Kier molecular flexibility index (Phi) is 5.67.